The van der Waals surface area contributed by atoms with E-state index < -0.39 is 0 Å². The first-order valence-corrected chi connectivity index (χ1v) is 7.05. The second kappa shape index (κ2) is 6.97. The molecule has 1 aromatic carbocycles. The van der Waals surface area contributed by atoms with Gasteiger partial charge in [0.2, 0.25) is 5.91 Å². The fourth-order valence-corrected chi connectivity index (χ4v) is 1.95. The summed E-state index contributed by atoms with van der Waals surface area (Å²) in [5, 5.41) is 3.27. The summed E-state index contributed by atoms with van der Waals surface area (Å²) in [6.45, 7) is 17.3. The van der Waals surface area contributed by atoms with Crippen molar-refractivity contribution in [3.63, 3.8) is 0 Å². The van der Waals surface area contributed by atoms with Crippen LogP contribution in [0.25, 0.3) is 0 Å². The number of hydrogen-bond acceptors (Lipinski definition) is 3. The Labute approximate surface area is 127 Å². The zero-order valence-electron chi connectivity index (χ0n) is 13.7. The van der Waals surface area contributed by atoms with Gasteiger partial charge in [-0.3, -0.25) is 10.2 Å². The summed E-state index contributed by atoms with van der Waals surface area (Å²) in [6, 6.07) is 6.04. The van der Waals surface area contributed by atoms with Crippen LogP contribution in [0, 0.1) is 13.8 Å². The molecule has 0 saturated heterocycles. The number of carbonyl (C=O) groups is 1. The third kappa shape index (κ3) is 4.12. The summed E-state index contributed by atoms with van der Waals surface area (Å²) in [7, 11) is 0. The van der Waals surface area contributed by atoms with E-state index in [9.17, 15) is 4.79 Å². The van der Waals surface area contributed by atoms with Gasteiger partial charge in [-0.25, -0.2) is 5.01 Å². The highest BCUT2D eigenvalue weighted by atomic mass is 16.2. The molecule has 0 aliphatic carbocycles. The molecule has 1 rings (SSSR count). The number of hydrazine groups is 2. The Morgan fingerprint density at radius 3 is 2.33 bits per heavy atom. The van der Waals surface area contributed by atoms with Gasteiger partial charge >= 0.3 is 0 Å². The Morgan fingerprint density at radius 1 is 1.24 bits per heavy atom. The van der Waals surface area contributed by atoms with Crippen LogP contribution in [0.4, 0.5) is 5.69 Å². The van der Waals surface area contributed by atoms with Crippen LogP contribution in [0.2, 0.25) is 0 Å². The number of nitrogens with zero attached hydrogens (tertiary/aromatic N) is 2. The minimum Gasteiger partial charge on any atom is -0.284 e. The van der Waals surface area contributed by atoms with Crippen molar-refractivity contribution in [1.29, 1.82) is 0 Å². The van der Waals surface area contributed by atoms with Crippen LogP contribution >= 0.6 is 0 Å². The molecule has 114 valence electrons. The largest absolute Gasteiger partial charge is 0.284 e. The summed E-state index contributed by atoms with van der Waals surface area (Å²) in [6.07, 6.45) is 0.398. The van der Waals surface area contributed by atoms with E-state index in [0.29, 0.717) is 12.1 Å². The predicted octanol–water partition coefficient (Wildman–Crippen LogP) is 3.84. The maximum atomic E-state index is 12.5. The first kappa shape index (κ1) is 16.8. The number of rotatable bonds is 6. The summed E-state index contributed by atoms with van der Waals surface area (Å²) in [5.74, 6) is -0.0135. The zero-order chi connectivity index (χ0) is 16.2. The molecule has 0 atom stereocenters. The highest BCUT2D eigenvalue weighted by Gasteiger charge is 2.23. The summed E-state index contributed by atoms with van der Waals surface area (Å²) < 4.78 is 0. The first-order valence-electron chi connectivity index (χ1n) is 7.05. The van der Waals surface area contributed by atoms with E-state index in [1.54, 1.807) is 10.1 Å². The number of hydrogen-bond donors (Lipinski definition) is 1. The number of amides is 1. The van der Waals surface area contributed by atoms with E-state index in [1.807, 2.05) is 52.8 Å². The number of anilines is 1. The van der Waals surface area contributed by atoms with Crippen molar-refractivity contribution in [3.8, 4) is 0 Å². The summed E-state index contributed by atoms with van der Waals surface area (Å²) in [4.78, 5) is 12.5. The molecule has 0 bridgehead atoms. The van der Waals surface area contributed by atoms with E-state index in [2.05, 4.69) is 18.6 Å². The zero-order valence-corrected chi connectivity index (χ0v) is 13.7. The molecule has 0 aromatic heterocycles. The molecule has 4 nitrogen and oxygen atoms in total. The molecule has 0 unspecified atom stereocenters. The molecule has 1 aromatic rings. The van der Waals surface area contributed by atoms with Gasteiger partial charge in [0.15, 0.2) is 0 Å². The lowest BCUT2D eigenvalue weighted by molar-refractivity contribution is -0.121. The van der Waals surface area contributed by atoms with Gasteiger partial charge in [0.25, 0.3) is 0 Å². The standard InChI is InChI=1S/C17H25N3O/c1-8-17(21)19(20(13(4)5)18-12(2)3)16-11-14(6)9-10-15(16)7/h9-11,18H,2,4,8H2,1,3,5-7H3. The highest BCUT2D eigenvalue weighted by molar-refractivity contribution is 5.93. The minimum absolute atomic E-state index is 0.0135. The topological polar surface area (TPSA) is 35.6 Å². The van der Waals surface area contributed by atoms with Crippen molar-refractivity contribution >= 4 is 11.6 Å². The number of benzene rings is 1. The average molecular weight is 287 g/mol. The van der Waals surface area contributed by atoms with Gasteiger partial charge in [-0.05, 0) is 44.9 Å². The van der Waals surface area contributed by atoms with Crippen molar-refractivity contribution in [1.82, 2.24) is 10.5 Å². The molecule has 1 amide bonds. The van der Waals surface area contributed by atoms with Gasteiger partial charge in [0.1, 0.15) is 0 Å². The second-order valence-corrected chi connectivity index (χ2v) is 5.29. The first-order chi connectivity index (χ1) is 9.77. The van der Waals surface area contributed by atoms with Crippen LogP contribution < -0.4 is 10.4 Å². The van der Waals surface area contributed by atoms with Crippen LogP contribution in [0.5, 0.6) is 0 Å². The molecule has 0 fully saturated rings. The number of nitrogens with one attached hydrogen (secondary N) is 1. The Morgan fingerprint density at radius 2 is 1.86 bits per heavy atom. The molecule has 0 radical (unpaired) electrons. The third-order valence-electron chi connectivity index (χ3n) is 2.99. The van der Waals surface area contributed by atoms with E-state index >= 15 is 0 Å². The Hall–Kier alpha value is -2.23. The Bertz CT molecular complexity index is 563. The van der Waals surface area contributed by atoms with Gasteiger partial charge in [-0.2, -0.15) is 5.12 Å². The van der Waals surface area contributed by atoms with Gasteiger partial charge in [-0.1, -0.05) is 32.2 Å². The fraction of sp³-hybridized carbons (Fsp3) is 0.353. The molecular formula is C17H25N3O. The predicted molar refractivity (Wildman–Crippen MR) is 88.3 cm³/mol. The number of allylic oxidation sites excluding steroid dienone is 2. The minimum atomic E-state index is -0.0135. The summed E-state index contributed by atoms with van der Waals surface area (Å²) in [5.41, 5.74) is 7.50. The fourth-order valence-electron chi connectivity index (χ4n) is 1.95. The maximum absolute atomic E-state index is 12.5. The monoisotopic (exact) mass is 287 g/mol. The lowest BCUT2D eigenvalue weighted by Gasteiger charge is -2.37. The summed E-state index contributed by atoms with van der Waals surface area (Å²) >= 11 is 0. The Kier molecular flexibility index (Phi) is 5.59. The molecule has 4 heteroatoms. The second-order valence-electron chi connectivity index (χ2n) is 5.29. The molecule has 0 aliphatic rings. The SMILES string of the molecule is C=C(C)NN(C(=C)C)N(C(=O)CC)c1cc(C)ccc1C. The molecular weight excluding hydrogens is 262 g/mol. The molecule has 0 aliphatic heterocycles. The number of aryl methyl sites for hydroxylation is 2. The van der Waals surface area contributed by atoms with Crippen LogP contribution in [-0.2, 0) is 4.79 Å². The van der Waals surface area contributed by atoms with Crippen molar-refractivity contribution in [2.45, 2.75) is 41.0 Å². The molecule has 21 heavy (non-hydrogen) atoms. The average Bonchev–Trinajstić information content (AvgIpc) is 2.40. The smallest absolute Gasteiger partial charge is 0.247 e. The number of carbonyl (C=O) groups excluding carboxylic acids is 1. The molecule has 0 heterocycles. The molecule has 0 spiro atoms. The van der Waals surface area contributed by atoms with Crippen molar-refractivity contribution in [2.75, 3.05) is 5.01 Å². The Balaban J connectivity index is 3.39. The van der Waals surface area contributed by atoms with Gasteiger partial charge in [0.05, 0.1) is 5.69 Å². The lowest BCUT2D eigenvalue weighted by Crippen LogP contribution is -2.52. The lowest BCUT2D eigenvalue weighted by atomic mass is 10.1. The van der Waals surface area contributed by atoms with Gasteiger partial charge in [0, 0.05) is 17.8 Å². The van der Waals surface area contributed by atoms with Crippen LogP contribution in [0.1, 0.15) is 38.3 Å². The van der Waals surface area contributed by atoms with Crippen molar-refractivity contribution < 1.29 is 4.79 Å². The highest BCUT2D eigenvalue weighted by Crippen LogP contribution is 2.25. The van der Waals surface area contributed by atoms with E-state index in [1.165, 1.54) is 0 Å². The normalized spacial score (nSPS) is 9.95. The van der Waals surface area contributed by atoms with Crippen molar-refractivity contribution in [2.24, 2.45) is 0 Å². The van der Waals surface area contributed by atoms with E-state index in [4.69, 9.17) is 0 Å². The van der Waals surface area contributed by atoms with E-state index in [-0.39, 0.29) is 5.91 Å². The molecule has 1 N–H and O–H groups in total. The van der Waals surface area contributed by atoms with Crippen LogP contribution in [0.3, 0.4) is 0 Å². The quantitative estimate of drug-likeness (QED) is 0.808. The van der Waals surface area contributed by atoms with Crippen molar-refractivity contribution in [3.05, 3.63) is 53.9 Å². The van der Waals surface area contributed by atoms with Gasteiger partial charge in [-0.15, -0.1) is 0 Å². The maximum Gasteiger partial charge on any atom is 0.247 e. The van der Waals surface area contributed by atoms with Crippen LogP contribution in [-0.4, -0.2) is 11.0 Å². The molecule has 0 saturated carbocycles. The third-order valence-corrected chi connectivity index (χ3v) is 2.99. The van der Waals surface area contributed by atoms with Gasteiger partial charge < -0.3 is 0 Å². The van der Waals surface area contributed by atoms with E-state index in [0.717, 1.165) is 22.5 Å². The van der Waals surface area contributed by atoms with Crippen LogP contribution in [0.15, 0.2) is 42.8 Å².